The zero-order valence-electron chi connectivity index (χ0n) is 17.6. The lowest BCUT2D eigenvalue weighted by molar-refractivity contribution is 0.0639. The van der Waals surface area contributed by atoms with Crippen LogP contribution in [-0.4, -0.2) is 62.8 Å². The molecule has 164 valence electrons. The Balaban J connectivity index is 1.33. The van der Waals surface area contributed by atoms with Crippen LogP contribution >= 0.6 is 11.3 Å². The second-order valence-corrected chi connectivity index (χ2v) is 8.86. The molecule has 4 aromatic rings. The number of thiophene rings is 1. The maximum Gasteiger partial charge on any atom is 0.259 e. The first-order valence-electron chi connectivity index (χ1n) is 10.7. The first-order valence-corrected chi connectivity index (χ1v) is 11.6. The number of benzene rings is 1. The van der Waals surface area contributed by atoms with Gasteiger partial charge in [-0.2, -0.15) is 5.10 Å². The van der Waals surface area contributed by atoms with E-state index in [9.17, 15) is 9.18 Å². The Morgan fingerprint density at radius 3 is 2.44 bits per heavy atom. The molecular weight excluding hydrogens is 425 g/mol. The van der Waals surface area contributed by atoms with Crippen LogP contribution in [0.3, 0.4) is 0 Å². The first kappa shape index (κ1) is 20.7. The lowest BCUT2D eigenvalue weighted by atomic mass is 10.2. The van der Waals surface area contributed by atoms with Crippen LogP contribution in [0, 0.1) is 5.82 Å². The van der Waals surface area contributed by atoms with Gasteiger partial charge in [0.25, 0.3) is 5.91 Å². The van der Waals surface area contributed by atoms with E-state index in [4.69, 9.17) is 0 Å². The summed E-state index contributed by atoms with van der Waals surface area (Å²) < 4.78 is 17.0. The molecular formula is C24H24FN5OS. The number of hydrogen-bond acceptors (Lipinski definition) is 4. The largest absolute Gasteiger partial charge is 0.336 e. The second-order valence-electron chi connectivity index (χ2n) is 7.82. The van der Waals surface area contributed by atoms with Crippen LogP contribution < -0.4 is 0 Å². The predicted molar refractivity (Wildman–Crippen MR) is 123 cm³/mol. The Morgan fingerprint density at radius 1 is 1.00 bits per heavy atom. The summed E-state index contributed by atoms with van der Waals surface area (Å²) >= 11 is 1.79. The van der Waals surface area contributed by atoms with E-state index in [1.165, 1.54) is 17.0 Å². The number of rotatable bonds is 6. The molecule has 0 N–H and O–H groups in total. The number of carbonyl (C=O) groups is 1. The highest BCUT2D eigenvalue weighted by atomic mass is 32.1. The van der Waals surface area contributed by atoms with Crippen molar-refractivity contribution < 1.29 is 9.18 Å². The van der Waals surface area contributed by atoms with Crippen LogP contribution in [0.15, 0.2) is 72.5 Å². The van der Waals surface area contributed by atoms with Gasteiger partial charge in [-0.1, -0.05) is 6.07 Å². The summed E-state index contributed by atoms with van der Waals surface area (Å²) in [5, 5.41) is 6.59. The average molecular weight is 450 g/mol. The number of nitrogens with zero attached hydrogens (tertiary/aromatic N) is 5. The van der Waals surface area contributed by atoms with Crippen molar-refractivity contribution in [3.8, 4) is 11.5 Å². The van der Waals surface area contributed by atoms with Gasteiger partial charge < -0.3 is 9.47 Å². The molecule has 1 saturated heterocycles. The maximum atomic E-state index is 13.4. The lowest BCUT2D eigenvalue weighted by Crippen LogP contribution is -2.49. The average Bonchev–Trinajstić information content (AvgIpc) is 3.59. The second kappa shape index (κ2) is 9.10. The van der Waals surface area contributed by atoms with E-state index in [0.29, 0.717) is 30.2 Å². The molecule has 0 unspecified atom stereocenters. The SMILES string of the molecule is O=C(c1cnn(-c2ccc(F)cc2)c1-n1cccc1)N1CCN(CCc2cccs2)CC1. The number of amides is 1. The fraction of sp³-hybridized carbons (Fsp3) is 0.250. The molecule has 0 atom stereocenters. The fourth-order valence-electron chi connectivity index (χ4n) is 4.06. The third-order valence-corrected chi connectivity index (χ3v) is 6.74. The van der Waals surface area contributed by atoms with Gasteiger partial charge in [-0.15, -0.1) is 11.3 Å². The molecule has 1 amide bonds. The minimum Gasteiger partial charge on any atom is -0.336 e. The molecule has 1 fully saturated rings. The number of piperazine rings is 1. The molecule has 3 aromatic heterocycles. The molecule has 0 spiro atoms. The van der Waals surface area contributed by atoms with Crippen molar-refractivity contribution in [3.05, 3.63) is 88.8 Å². The van der Waals surface area contributed by atoms with Crippen molar-refractivity contribution in [1.82, 2.24) is 24.1 Å². The van der Waals surface area contributed by atoms with Crippen LogP contribution in [0.5, 0.6) is 0 Å². The van der Waals surface area contributed by atoms with Gasteiger partial charge in [-0.3, -0.25) is 9.69 Å². The number of aromatic nitrogens is 3. The summed E-state index contributed by atoms with van der Waals surface area (Å²) in [5.41, 5.74) is 1.24. The van der Waals surface area contributed by atoms with Crippen LogP contribution in [0.2, 0.25) is 0 Å². The fourth-order valence-corrected chi connectivity index (χ4v) is 4.75. The Hall–Kier alpha value is -3.23. The smallest absolute Gasteiger partial charge is 0.259 e. The van der Waals surface area contributed by atoms with E-state index in [-0.39, 0.29) is 11.7 Å². The van der Waals surface area contributed by atoms with Gasteiger partial charge in [-0.05, 0) is 54.3 Å². The quantitative estimate of drug-likeness (QED) is 0.449. The van der Waals surface area contributed by atoms with Gasteiger partial charge in [-0.25, -0.2) is 9.07 Å². The molecule has 0 saturated carbocycles. The molecule has 1 aliphatic heterocycles. The van der Waals surface area contributed by atoms with Crippen molar-refractivity contribution in [2.45, 2.75) is 6.42 Å². The molecule has 1 aliphatic rings. The summed E-state index contributed by atoms with van der Waals surface area (Å²) in [6.07, 6.45) is 6.44. The molecule has 0 radical (unpaired) electrons. The van der Waals surface area contributed by atoms with Gasteiger partial charge in [0.2, 0.25) is 0 Å². The summed E-state index contributed by atoms with van der Waals surface area (Å²) in [6, 6.07) is 14.2. The summed E-state index contributed by atoms with van der Waals surface area (Å²) in [6.45, 7) is 4.12. The number of hydrogen-bond donors (Lipinski definition) is 0. The Morgan fingerprint density at radius 2 is 1.75 bits per heavy atom. The van der Waals surface area contributed by atoms with Crippen molar-refractivity contribution in [1.29, 1.82) is 0 Å². The first-order chi connectivity index (χ1) is 15.7. The predicted octanol–water partition coefficient (Wildman–Crippen LogP) is 3.86. The van der Waals surface area contributed by atoms with Gasteiger partial charge in [0.1, 0.15) is 11.4 Å². The monoisotopic (exact) mass is 449 g/mol. The number of halogens is 1. The molecule has 1 aromatic carbocycles. The Labute approximate surface area is 190 Å². The van der Waals surface area contributed by atoms with Crippen molar-refractivity contribution >= 4 is 17.2 Å². The van der Waals surface area contributed by atoms with E-state index in [2.05, 4.69) is 27.5 Å². The van der Waals surface area contributed by atoms with E-state index in [1.54, 1.807) is 34.3 Å². The van der Waals surface area contributed by atoms with Crippen molar-refractivity contribution in [2.75, 3.05) is 32.7 Å². The third-order valence-electron chi connectivity index (χ3n) is 5.81. The van der Waals surface area contributed by atoms with Gasteiger partial charge in [0.05, 0.1) is 11.9 Å². The third kappa shape index (κ3) is 4.24. The van der Waals surface area contributed by atoms with Crippen LogP contribution in [0.25, 0.3) is 11.5 Å². The molecule has 0 bridgehead atoms. The van der Waals surface area contributed by atoms with Crippen LogP contribution in [0.4, 0.5) is 4.39 Å². The highest BCUT2D eigenvalue weighted by Crippen LogP contribution is 2.22. The lowest BCUT2D eigenvalue weighted by Gasteiger charge is -2.34. The standard InChI is InChI=1S/C24H24FN5OS/c25-19-5-7-20(8-6-19)30-23(28-10-1-2-11-28)22(18-26-30)24(31)29-15-13-27(14-16-29)12-9-21-4-3-17-32-21/h1-8,10-11,17-18H,9,12-16H2. The normalized spacial score (nSPS) is 14.7. The minimum atomic E-state index is -0.309. The molecule has 6 nitrogen and oxygen atoms in total. The van der Waals surface area contributed by atoms with E-state index in [0.717, 1.165) is 26.1 Å². The van der Waals surface area contributed by atoms with Gasteiger partial charge >= 0.3 is 0 Å². The van der Waals surface area contributed by atoms with Gasteiger partial charge in [0, 0.05) is 50.0 Å². The minimum absolute atomic E-state index is 0.0278. The summed E-state index contributed by atoms with van der Waals surface area (Å²) in [5.74, 6) is 0.323. The van der Waals surface area contributed by atoms with Crippen LogP contribution in [-0.2, 0) is 6.42 Å². The topological polar surface area (TPSA) is 46.3 Å². The zero-order valence-corrected chi connectivity index (χ0v) is 18.4. The molecule has 4 heterocycles. The van der Waals surface area contributed by atoms with Crippen molar-refractivity contribution in [3.63, 3.8) is 0 Å². The van der Waals surface area contributed by atoms with E-state index < -0.39 is 0 Å². The maximum absolute atomic E-state index is 13.4. The summed E-state index contributed by atoms with van der Waals surface area (Å²) in [7, 11) is 0. The van der Waals surface area contributed by atoms with Gasteiger partial charge in [0.15, 0.2) is 5.82 Å². The van der Waals surface area contributed by atoms with Crippen LogP contribution in [0.1, 0.15) is 15.2 Å². The zero-order chi connectivity index (χ0) is 21.9. The number of carbonyl (C=O) groups excluding carboxylic acids is 1. The van der Waals surface area contributed by atoms with Crippen molar-refractivity contribution in [2.24, 2.45) is 0 Å². The Bertz CT molecular complexity index is 1160. The highest BCUT2D eigenvalue weighted by Gasteiger charge is 2.27. The molecule has 8 heteroatoms. The van der Waals surface area contributed by atoms with E-state index in [1.807, 2.05) is 34.0 Å². The van der Waals surface area contributed by atoms with E-state index >= 15 is 0 Å². The molecule has 5 rings (SSSR count). The molecule has 32 heavy (non-hydrogen) atoms. The highest BCUT2D eigenvalue weighted by molar-refractivity contribution is 7.09. The Kier molecular flexibility index (Phi) is 5.87. The summed E-state index contributed by atoms with van der Waals surface area (Å²) in [4.78, 5) is 19.2. The molecule has 0 aliphatic carbocycles.